The second-order valence-corrected chi connectivity index (χ2v) is 6.02. The first-order valence-corrected chi connectivity index (χ1v) is 8.07. The molecule has 0 heterocycles. The van der Waals surface area contributed by atoms with Gasteiger partial charge in [-0.25, -0.2) is 0 Å². The minimum Gasteiger partial charge on any atom is -0.355 e. The Labute approximate surface area is 138 Å². The molecular weight excluding hydrogens is 321 g/mol. The van der Waals surface area contributed by atoms with Gasteiger partial charge in [-0.2, -0.15) is 13.2 Å². The number of carbonyl (C=O) groups is 2. The molecule has 0 aromatic heterocycles. The Morgan fingerprint density at radius 3 is 2.50 bits per heavy atom. The molecule has 1 aliphatic rings. The van der Waals surface area contributed by atoms with Crippen molar-refractivity contribution < 1.29 is 22.8 Å². The molecule has 1 aromatic rings. The number of carbonyl (C=O) groups excluding carboxylic acids is 2. The topological polar surface area (TPSA) is 58.2 Å². The quantitative estimate of drug-likeness (QED) is 0.781. The molecule has 0 bridgehead atoms. The van der Waals surface area contributed by atoms with Gasteiger partial charge in [0, 0.05) is 12.6 Å². The third-order valence-electron chi connectivity index (χ3n) is 4.03. The van der Waals surface area contributed by atoms with Crippen LogP contribution in [-0.4, -0.2) is 24.4 Å². The highest BCUT2D eigenvalue weighted by Crippen LogP contribution is 2.29. The summed E-state index contributed by atoms with van der Waals surface area (Å²) in [5.74, 6) is -0.726. The number of halogens is 3. The molecular formula is C17H21F3N2O2. The van der Waals surface area contributed by atoms with Crippen molar-refractivity contribution >= 4 is 11.8 Å². The van der Waals surface area contributed by atoms with Crippen LogP contribution in [0.2, 0.25) is 0 Å². The fraction of sp³-hybridized carbons (Fsp3) is 0.529. The third kappa shape index (κ3) is 5.86. The summed E-state index contributed by atoms with van der Waals surface area (Å²) >= 11 is 0. The van der Waals surface area contributed by atoms with Crippen LogP contribution in [0.3, 0.4) is 0 Å². The maximum atomic E-state index is 12.6. The lowest BCUT2D eigenvalue weighted by molar-refractivity contribution is -0.137. The Kier molecular flexibility index (Phi) is 6.23. The van der Waals surface area contributed by atoms with Crippen molar-refractivity contribution in [1.29, 1.82) is 0 Å². The fourth-order valence-electron chi connectivity index (χ4n) is 2.81. The molecule has 1 aromatic carbocycles. The first-order chi connectivity index (χ1) is 11.3. The zero-order valence-corrected chi connectivity index (χ0v) is 13.3. The molecule has 1 fully saturated rings. The molecule has 0 radical (unpaired) electrons. The standard InChI is InChI=1S/C17H21F3N2O2/c18-17(19,20)13-5-3-4-12(10-13)8-9-21-15(23)11-16(24)22-14-6-1-2-7-14/h3-5,10,14H,1-2,6-9,11H2,(H,21,23)(H,22,24). The summed E-state index contributed by atoms with van der Waals surface area (Å²) in [6.07, 6.45) is -0.273. The Hall–Kier alpha value is -2.05. The first kappa shape index (κ1) is 18.3. The number of hydrogen-bond donors (Lipinski definition) is 2. The van der Waals surface area contributed by atoms with E-state index in [0.29, 0.717) is 5.56 Å². The second kappa shape index (κ2) is 8.17. The fourth-order valence-corrected chi connectivity index (χ4v) is 2.81. The van der Waals surface area contributed by atoms with Crippen molar-refractivity contribution in [3.8, 4) is 0 Å². The summed E-state index contributed by atoms with van der Waals surface area (Å²) in [7, 11) is 0. The van der Waals surface area contributed by atoms with Gasteiger partial charge in [0.15, 0.2) is 0 Å². The van der Waals surface area contributed by atoms with Crippen LogP contribution in [0, 0.1) is 0 Å². The van der Waals surface area contributed by atoms with Gasteiger partial charge in [-0.05, 0) is 30.9 Å². The van der Waals surface area contributed by atoms with Crippen LogP contribution in [0.5, 0.6) is 0 Å². The summed E-state index contributed by atoms with van der Waals surface area (Å²) in [4.78, 5) is 23.4. The highest BCUT2D eigenvalue weighted by molar-refractivity contribution is 5.96. The summed E-state index contributed by atoms with van der Waals surface area (Å²) in [6, 6.07) is 5.16. The third-order valence-corrected chi connectivity index (χ3v) is 4.03. The molecule has 2 rings (SSSR count). The molecule has 7 heteroatoms. The van der Waals surface area contributed by atoms with Crippen molar-refractivity contribution in [3.63, 3.8) is 0 Å². The van der Waals surface area contributed by atoms with Crippen molar-refractivity contribution in [2.45, 2.75) is 50.7 Å². The van der Waals surface area contributed by atoms with E-state index in [2.05, 4.69) is 10.6 Å². The minimum absolute atomic E-state index is 0.162. The van der Waals surface area contributed by atoms with Gasteiger partial charge in [0.25, 0.3) is 0 Å². The van der Waals surface area contributed by atoms with Crippen molar-refractivity contribution in [1.82, 2.24) is 10.6 Å². The molecule has 0 atom stereocenters. The summed E-state index contributed by atoms with van der Waals surface area (Å²) < 4.78 is 37.8. The first-order valence-electron chi connectivity index (χ1n) is 8.07. The van der Waals surface area contributed by atoms with E-state index >= 15 is 0 Å². The number of amides is 2. The Morgan fingerprint density at radius 2 is 1.83 bits per heavy atom. The van der Waals surface area contributed by atoms with Crippen LogP contribution < -0.4 is 10.6 Å². The van der Waals surface area contributed by atoms with Crippen LogP contribution in [-0.2, 0) is 22.2 Å². The van der Waals surface area contributed by atoms with E-state index in [0.717, 1.165) is 37.8 Å². The summed E-state index contributed by atoms with van der Waals surface area (Å²) in [5, 5.41) is 5.38. The smallest absolute Gasteiger partial charge is 0.355 e. The number of alkyl halides is 3. The average Bonchev–Trinajstić information content (AvgIpc) is 2.99. The van der Waals surface area contributed by atoms with Gasteiger partial charge in [0.2, 0.25) is 11.8 Å². The maximum Gasteiger partial charge on any atom is 0.416 e. The Balaban J connectivity index is 1.71. The lowest BCUT2D eigenvalue weighted by Crippen LogP contribution is -2.37. The van der Waals surface area contributed by atoms with Gasteiger partial charge in [-0.1, -0.05) is 31.0 Å². The lowest BCUT2D eigenvalue weighted by Gasteiger charge is -2.12. The summed E-state index contributed by atoms with van der Waals surface area (Å²) in [6.45, 7) is 0.191. The highest BCUT2D eigenvalue weighted by Gasteiger charge is 2.30. The SMILES string of the molecule is O=C(CC(=O)NC1CCCC1)NCCc1cccc(C(F)(F)F)c1. The van der Waals surface area contributed by atoms with Crippen molar-refractivity contribution in [3.05, 3.63) is 35.4 Å². The van der Waals surface area contributed by atoms with Gasteiger partial charge in [-0.3, -0.25) is 9.59 Å². The predicted molar refractivity (Wildman–Crippen MR) is 83.2 cm³/mol. The Morgan fingerprint density at radius 1 is 1.12 bits per heavy atom. The van der Waals surface area contributed by atoms with Crippen LogP contribution in [0.1, 0.15) is 43.2 Å². The van der Waals surface area contributed by atoms with Crippen molar-refractivity contribution in [2.24, 2.45) is 0 Å². The number of hydrogen-bond acceptors (Lipinski definition) is 2. The molecule has 0 unspecified atom stereocenters. The second-order valence-electron chi connectivity index (χ2n) is 6.02. The normalized spacial score (nSPS) is 15.3. The number of nitrogens with one attached hydrogen (secondary N) is 2. The van der Waals surface area contributed by atoms with Crippen LogP contribution >= 0.6 is 0 Å². The van der Waals surface area contributed by atoms with E-state index in [-0.39, 0.29) is 31.3 Å². The largest absolute Gasteiger partial charge is 0.416 e. The molecule has 132 valence electrons. The molecule has 0 saturated heterocycles. The maximum absolute atomic E-state index is 12.6. The van der Waals surface area contributed by atoms with E-state index in [1.54, 1.807) is 6.07 Å². The molecule has 4 nitrogen and oxygen atoms in total. The molecule has 2 amide bonds. The van der Waals surface area contributed by atoms with E-state index in [1.807, 2.05) is 0 Å². The zero-order valence-electron chi connectivity index (χ0n) is 13.3. The van der Waals surface area contributed by atoms with Crippen LogP contribution in [0.25, 0.3) is 0 Å². The highest BCUT2D eigenvalue weighted by atomic mass is 19.4. The minimum atomic E-state index is -4.38. The van der Waals surface area contributed by atoms with Gasteiger partial charge in [0.05, 0.1) is 5.56 Å². The molecule has 24 heavy (non-hydrogen) atoms. The molecule has 0 spiro atoms. The van der Waals surface area contributed by atoms with Gasteiger partial charge in [0.1, 0.15) is 6.42 Å². The predicted octanol–water partition coefficient (Wildman–Crippen LogP) is 2.81. The van der Waals surface area contributed by atoms with Gasteiger partial charge in [-0.15, -0.1) is 0 Å². The molecule has 1 saturated carbocycles. The summed E-state index contributed by atoms with van der Waals surface area (Å²) in [5.41, 5.74) is -0.220. The number of rotatable bonds is 6. The molecule has 2 N–H and O–H groups in total. The van der Waals surface area contributed by atoms with Crippen LogP contribution in [0.4, 0.5) is 13.2 Å². The zero-order chi connectivity index (χ0) is 17.6. The van der Waals surface area contributed by atoms with E-state index in [4.69, 9.17) is 0 Å². The van der Waals surface area contributed by atoms with E-state index in [9.17, 15) is 22.8 Å². The van der Waals surface area contributed by atoms with E-state index in [1.165, 1.54) is 6.07 Å². The average molecular weight is 342 g/mol. The van der Waals surface area contributed by atoms with Gasteiger partial charge < -0.3 is 10.6 Å². The van der Waals surface area contributed by atoms with Crippen LogP contribution in [0.15, 0.2) is 24.3 Å². The molecule has 0 aliphatic heterocycles. The number of benzene rings is 1. The van der Waals surface area contributed by atoms with E-state index < -0.39 is 17.6 Å². The Bertz CT molecular complexity index is 581. The van der Waals surface area contributed by atoms with Gasteiger partial charge >= 0.3 is 6.18 Å². The monoisotopic (exact) mass is 342 g/mol. The molecule has 1 aliphatic carbocycles. The van der Waals surface area contributed by atoms with Crippen molar-refractivity contribution in [2.75, 3.05) is 6.54 Å². The lowest BCUT2D eigenvalue weighted by atomic mass is 10.1.